The maximum Gasteiger partial charge on any atom is 0.321 e. The highest BCUT2D eigenvalue weighted by molar-refractivity contribution is 7.89. The van der Waals surface area contributed by atoms with Crippen LogP contribution >= 0.6 is 0 Å². The van der Waals surface area contributed by atoms with Crippen LogP contribution in [0.5, 0.6) is 5.75 Å². The average Bonchev–Trinajstić information content (AvgIpc) is 2.91. The number of likely N-dealkylation sites (N-methyl/N-ethyl adjacent to an activating group) is 1. The van der Waals surface area contributed by atoms with Gasteiger partial charge in [0, 0.05) is 25.6 Å². The van der Waals surface area contributed by atoms with Crippen LogP contribution in [-0.4, -0.2) is 67.7 Å². The monoisotopic (exact) mass is 559 g/mol. The third-order valence-corrected chi connectivity index (χ3v) is 8.78. The fraction of sp³-hybridized carbons (Fsp3) is 0.321. The quantitative estimate of drug-likeness (QED) is 0.461. The molecule has 208 valence electrons. The summed E-state index contributed by atoms with van der Waals surface area (Å²) in [5.41, 5.74) is 1.31. The Labute approximate surface area is 226 Å². The van der Waals surface area contributed by atoms with Crippen molar-refractivity contribution in [3.8, 4) is 16.9 Å². The van der Waals surface area contributed by atoms with Crippen molar-refractivity contribution in [2.45, 2.75) is 30.9 Å². The molecule has 0 fully saturated rings. The number of carbonyl (C=O) groups excluding carboxylic acids is 1. The van der Waals surface area contributed by atoms with E-state index in [9.17, 15) is 27.1 Å². The summed E-state index contributed by atoms with van der Waals surface area (Å²) in [4.78, 5) is 14.1. The standard InChI is InChI=1S/C28H31F2N3O5S/c1-18-15-33(19(2)17-34)39(36,37)27-13-10-21(20-8-11-22(29)12-9-20)14-25(27)38-26(18)16-32(3)28(35)31-24-7-5-4-6-23(24)30/h4-14,18-19,26,34H,15-17H2,1-3H3,(H,31,35)/t18-,19-,26-/m0/s1. The van der Waals surface area contributed by atoms with Crippen LogP contribution in [0.25, 0.3) is 11.1 Å². The predicted octanol–water partition coefficient (Wildman–Crippen LogP) is 4.56. The van der Waals surface area contributed by atoms with E-state index in [0.717, 1.165) is 0 Å². The van der Waals surface area contributed by atoms with Gasteiger partial charge in [0.2, 0.25) is 10.0 Å². The fourth-order valence-corrected chi connectivity index (χ4v) is 6.22. The number of urea groups is 1. The molecule has 4 rings (SSSR count). The van der Waals surface area contributed by atoms with Crippen molar-refractivity contribution in [3.05, 3.63) is 78.4 Å². The number of anilines is 1. The Morgan fingerprint density at radius 3 is 2.46 bits per heavy atom. The van der Waals surface area contributed by atoms with Gasteiger partial charge in [0.25, 0.3) is 0 Å². The van der Waals surface area contributed by atoms with E-state index in [0.29, 0.717) is 11.1 Å². The van der Waals surface area contributed by atoms with Crippen LogP contribution in [0, 0.1) is 17.6 Å². The molecule has 0 saturated carbocycles. The number of para-hydroxylation sites is 1. The largest absolute Gasteiger partial charge is 0.487 e. The lowest BCUT2D eigenvalue weighted by Gasteiger charge is -2.37. The molecule has 0 saturated heterocycles. The number of aliphatic hydroxyl groups excluding tert-OH is 1. The van der Waals surface area contributed by atoms with Gasteiger partial charge in [-0.15, -0.1) is 0 Å². The summed E-state index contributed by atoms with van der Waals surface area (Å²) in [6, 6.07) is 14.9. The minimum Gasteiger partial charge on any atom is -0.487 e. The number of carbonyl (C=O) groups is 1. The Kier molecular flexibility index (Phi) is 8.53. The third kappa shape index (κ3) is 6.21. The van der Waals surface area contributed by atoms with Crippen molar-refractivity contribution < 1.29 is 31.8 Å². The van der Waals surface area contributed by atoms with Crippen LogP contribution in [-0.2, 0) is 10.0 Å². The summed E-state index contributed by atoms with van der Waals surface area (Å²) in [5, 5.41) is 12.4. The van der Waals surface area contributed by atoms with E-state index in [1.54, 1.807) is 44.2 Å². The lowest BCUT2D eigenvalue weighted by molar-refractivity contribution is 0.0830. The lowest BCUT2D eigenvalue weighted by atomic mass is 10.0. The first-order valence-corrected chi connectivity index (χ1v) is 13.9. The van der Waals surface area contributed by atoms with Gasteiger partial charge in [-0.1, -0.05) is 37.3 Å². The second-order valence-corrected chi connectivity index (χ2v) is 11.6. The number of ether oxygens (including phenoxy) is 1. The van der Waals surface area contributed by atoms with E-state index in [-0.39, 0.29) is 36.0 Å². The van der Waals surface area contributed by atoms with Gasteiger partial charge in [-0.3, -0.25) is 0 Å². The average molecular weight is 560 g/mol. The molecule has 1 aliphatic heterocycles. The molecule has 3 aromatic carbocycles. The van der Waals surface area contributed by atoms with Crippen molar-refractivity contribution >= 4 is 21.7 Å². The van der Waals surface area contributed by atoms with Crippen molar-refractivity contribution in [2.75, 3.05) is 32.1 Å². The van der Waals surface area contributed by atoms with E-state index in [1.165, 1.54) is 52.7 Å². The summed E-state index contributed by atoms with van der Waals surface area (Å²) < 4.78 is 62.4. The number of benzene rings is 3. The first kappa shape index (κ1) is 28.5. The van der Waals surface area contributed by atoms with Crippen molar-refractivity contribution in [3.63, 3.8) is 0 Å². The summed E-state index contributed by atoms with van der Waals surface area (Å²) in [5.74, 6) is -1.30. The molecular formula is C28H31F2N3O5S. The molecule has 11 heteroatoms. The number of halogens is 2. The van der Waals surface area contributed by atoms with Crippen LogP contribution in [0.2, 0.25) is 0 Å². The Balaban J connectivity index is 1.69. The number of hydrogen-bond acceptors (Lipinski definition) is 5. The van der Waals surface area contributed by atoms with Crippen LogP contribution in [0.15, 0.2) is 71.6 Å². The first-order valence-electron chi connectivity index (χ1n) is 12.5. The molecule has 0 aromatic heterocycles. The predicted molar refractivity (Wildman–Crippen MR) is 144 cm³/mol. The molecule has 1 heterocycles. The molecule has 0 bridgehead atoms. The zero-order chi connectivity index (χ0) is 28.3. The van der Waals surface area contributed by atoms with Gasteiger partial charge in [-0.05, 0) is 54.4 Å². The second-order valence-electron chi connectivity index (χ2n) is 9.70. The lowest BCUT2D eigenvalue weighted by Crippen LogP contribution is -2.50. The first-order chi connectivity index (χ1) is 18.5. The molecule has 3 aromatic rings. The molecule has 2 amide bonds. The van der Waals surface area contributed by atoms with Gasteiger partial charge in [-0.25, -0.2) is 22.0 Å². The highest BCUT2D eigenvalue weighted by Crippen LogP contribution is 2.36. The number of nitrogens with zero attached hydrogens (tertiary/aromatic N) is 2. The zero-order valence-electron chi connectivity index (χ0n) is 21.8. The van der Waals surface area contributed by atoms with Crippen LogP contribution in [0.4, 0.5) is 19.3 Å². The number of aliphatic hydroxyl groups is 1. The molecule has 39 heavy (non-hydrogen) atoms. The summed E-state index contributed by atoms with van der Waals surface area (Å²) in [6.07, 6.45) is -0.660. The van der Waals surface area contributed by atoms with Crippen LogP contribution < -0.4 is 10.1 Å². The number of nitrogens with one attached hydrogen (secondary N) is 1. The van der Waals surface area contributed by atoms with E-state index >= 15 is 0 Å². The number of rotatable bonds is 6. The third-order valence-electron chi connectivity index (χ3n) is 6.76. The minimum absolute atomic E-state index is 0.0318. The van der Waals surface area contributed by atoms with E-state index in [2.05, 4.69) is 5.32 Å². The molecule has 3 atom stereocenters. The van der Waals surface area contributed by atoms with Gasteiger partial charge in [-0.2, -0.15) is 4.31 Å². The minimum atomic E-state index is -4.05. The SMILES string of the molecule is C[C@H]1CN([C@@H](C)CO)S(=O)(=O)c2ccc(-c3ccc(F)cc3)cc2O[C@H]1CN(C)C(=O)Nc1ccccc1F. The summed E-state index contributed by atoms with van der Waals surface area (Å²) in [7, 11) is -2.52. The Hall–Kier alpha value is -3.54. The van der Waals surface area contributed by atoms with Gasteiger partial charge in [0.1, 0.15) is 28.4 Å². The number of amides is 2. The molecular weight excluding hydrogens is 528 g/mol. The second kappa shape index (κ2) is 11.7. The zero-order valence-corrected chi connectivity index (χ0v) is 22.7. The van der Waals surface area contributed by atoms with Gasteiger partial charge in [0.15, 0.2) is 0 Å². The molecule has 8 nitrogen and oxygen atoms in total. The molecule has 0 unspecified atom stereocenters. The Morgan fingerprint density at radius 1 is 1.13 bits per heavy atom. The maximum absolute atomic E-state index is 14.1. The van der Waals surface area contributed by atoms with E-state index in [4.69, 9.17) is 4.74 Å². The van der Waals surface area contributed by atoms with Crippen molar-refractivity contribution in [1.82, 2.24) is 9.21 Å². The number of sulfonamides is 1. The Bertz CT molecular complexity index is 1440. The smallest absolute Gasteiger partial charge is 0.321 e. The Morgan fingerprint density at radius 2 is 1.79 bits per heavy atom. The highest BCUT2D eigenvalue weighted by atomic mass is 32.2. The van der Waals surface area contributed by atoms with E-state index in [1.807, 2.05) is 0 Å². The maximum atomic E-state index is 14.1. The number of fused-ring (bicyclic) bond motifs is 1. The van der Waals surface area contributed by atoms with Gasteiger partial charge < -0.3 is 20.1 Å². The highest BCUT2D eigenvalue weighted by Gasteiger charge is 2.38. The van der Waals surface area contributed by atoms with Gasteiger partial charge in [0.05, 0.1) is 18.8 Å². The van der Waals surface area contributed by atoms with Crippen LogP contribution in [0.1, 0.15) is 13.8 Å². The molecule has 0 radical (unpaired) electrons. The van der Waals surface area contributed by atoms with Crippen molar-refractivity contribution in [1.29, 1.82) is 0 Å². The molecule has 0 spiro atoms. The summed E-state index contributed by atoms with van der Waals surface area (Å²) in [6.45, 7) is 3.13. The van der Waals surface area contributed by atoms with Gasteiger partial charge >= 0.3 is 6.03 Å². The molecule has 1 aliphatic rings. The molecule has 0 aliphatic carbocycles. The topological polar surface area (TPSA) is 99.2 Å². The van der Waals surface area contributed by atoms with E-state index < -0.39 is 45.8 Å². The molecule has 2 N–H and O–H groups in total. The number of hydrogen-bond donors (Lipinski definition) is 2. The van der Waals surface area contributed by atoms with Crippen molar-refractivity contribution in [2.24, 2.45) is 5.92 Å². The van der Waals surface area contributed by atoms with Crippen LogP contribution in [0.3, 0.4) is 0 Å². The summed E-state index contributed by atoms with van der Waals surface area (Å²) >= 11 is 0. The normalized spacial score (nSPS) is 19.6. The fourth-order valence-electron chi connectivity index (χ4n) is 4.39.